The summed E-state index contributed by atoms with van der Waals surface area (Å²) in [6.45, 7) is -0.0730. The number of phenols is 1. The van der Waals surface area contributed by atoms with Gasteiger partial charge in [0.25, 0.3) is 0 Å². The number of nitro groups is 1. The summed E-state index contributed by atoms with van der Waals surface area (Å²) >= 11 is 0. The number of rotatable bonds is 4. The van der Waals surface area contributed by atoms with Crippen LogP contribution >= 0.6 is 0 Å². The van der Waals surface area contributed by atoms with Crippen molar-refractivity contribution in [2.24, 2.45) is 0 Å². The molecule has 2 aromatic rings. The maximum absolute atomic E-state index is 13.5. The van der Waals surface area contributed by atoms with Crippen molar-refractivity contribution in [3.8, 4) is 5.75 Å². The Hall–Kier alpha value is -2.70. The Morgan fingerprint density at radius 3 is 2.60 bits per heavy atom. The van der Waals surface area contributed by atoms with E-state index in [1.807, 2.05) is 0 Å². The van der Waals surface area contributed by atoms with Gasteiger partial charge in [-0.2, -0.15) is 4.39 Å². The number of anilines is 1. The minimum atomic E-state index is -1.21. The third kappa shape index (κ3) is 3.00. The fraction of sp³-hybridized carbons (Fsp3) is 0.0769. The van der Waals surface area contributed by atoms with Gasteiger partial charge in [-0.1, -0.05) is 6.07 Å². The zero-order chi connectivity index (χ0) is 14.7. The topological polar surface area (TPSA) is 75.4 Å². The first-order chi connectivity index (χ1) is 9.47. The molecule has 0 aliphatic carbocycles. The average Bonchev–Trinajstić information content (AvgIpc) is 2.37. The van der Waals surface area contributed by atoms with Gasteiger partial charge in [0.15, 0.2) is 0 Å². The zero-order valence-corrected chi connectivity index (χ0v) is 10.1. The van der Waals surface area contributed by atoms with E-state index in [0.29, 0.717) is 11.8 Å². The molecule has 0 fully saturated rings. The number of nitro benzene ring substituents is 1. The van der Waals surface area contributed by atoms with Crippen molar-refractivity contribution in [1.29, 1.82) is 0 Å². The molecule has 0 radical (unpaired) electrons. The highest BCUT2D eigenvalue weighted by Gasteiger charge is 2.18. The van der Waals surface area contributed by atoms with Crippen molar-refractivity contribution in [2.45, 2.75) is 6.54 Å². The molecule has 0 unspecified atom stereocenters. The van der Waals surface area contributed by atoms with Gasteiger partial charge in [-0.05, 0) is 12.1 Å². The third-order valence-corrected chi connectivity index (χ3v) is 2.64. The molecule has 0 bridgehead atoms. The summed E-state index contributed by atoms with van der Waals surface area (Å²) in [5.74, 6) is -2.06. The molecule has 20 heavy (non-hydrogen) atoms. The summed E-state index contributed by atoms with van der Waals surface area (Å²) in [5.41, 5.74) is -0.308. The number of halogens is 2. The Kier molecular flexibility index (Phi) is 3.79. The van der Waals surface area contributed by atoms with Crippen LogP contribution in [0, 0.1) is 21.7 Å². The second-order valence-electron chi connectivity index (χ2n) is 4.06. The molecule has 2 aromatic carbocycles. The zero-order valence-electron chi connectivity index (χ0n) is 10.1. The van der Waals surface area contributed by atoms with Gasteiger partial charge in [0.05, 0.1) is 4.92 Å². The van der Waals surface area contributed by atoms with Gasteiger partial charge < -0.3 is 10.4 Å². The molecule has 104 valence electrons. The second-order valence-corrected chi connectivity index (χ2v) is 4.06. The molecule has 0 heterocycles. The van der Waals surface area contributed by atoms with Crippen molar-refractivity contribution in [3.63, 3.8) is 0 Å². The van der Waals surface area contributed by atoms with Crippen molar-refractivity contribution >= 4 is 11.4 Å². The second kappa shape index (κ2) is 5.52. The van der Waals surface area contributed by atoms with E-state index in [9.17, 15) is 24.0 Å². The van der Waals surface area contributed by atoms with Gasteiger partial charge in [0.2, 0.25) is 5.82 Å². The van der Waals surface area contributed by atoms with Crippen LogP contribution in [0.4, 0.5) is 20.2 Å². The van der Waals surface area contributed by atoms with E-state index in [1.165, 1.54) is 12.1 Å². The molecule has 0 spiro atoms. The summed E-state index contributed by atoms with van der Waals surface area (Å²) in [6, 6.07) is 7.43. The minimum Gasteiger partial charge on any atom is -0.508 e. The molecule has 0 saturated heterocycles. The first kappa shape index (κ1) is 13.7. The first-order valence-electron chi connectivity index (χ1n) is 5.62. The van der Waals surface area contributed by atoms with Crippen LogP contribution in [0.1, 0.15) is 5.56 Å². The SMILES string of the molecule is O=[N+]([O-])c1cc(CNc2cccc(O)c2)c(F)cc1F. The summed E-state index contributed by atoms with van der Waals surface area (Å²) < 4.78 is 26.7. The Balaban J connectivity index is 2.21. The van der Waals surface area contributed by atoms with Crippen molar-refractivity contribution in [2.75, 3.05) is 5.32 Å². The molecule has 0 saturated carbocycles. The first-order valence-corrected chi connectivity index (χ1v) is 5.62. The van der Waals surface area contributed by atoms with E-state index in [1.54, 1.807) is 12.1 Å². The average molecular weight is 280 g/mol. The molecule has 0 aromatic heterocycles. The molecule has 2 N–H and O–H groups in total. The Labute approximate surface area is 112 Å². The van der Waals surface area contributed by atoms with Crippen LogP contribution in [0.2, 0.25) is 0 Å². The molecule has 7 heteroatoms. The molecular formula is C13H10F2N2O3. The predicted octanol–water partition coefficient (Wildman–Crippen LogP) is 3.19. The summed E-state index contributed by atoms with van der Waals surface area (Å²) in [7, 11) is 0. The fourth-order valence-corrected chi connectivity index (χ4v) is 1.67. The molecule has 0 atom stereocenters. The summed E-state index contributed by atoms with van der Waals surface area (Å²) in [5, 5.41) is 22.6. The van der Waals surface area contributed by atoms with Crippen LogP contribution in [-0.2, 0) is 6.54 Å². The number of benzene rings is 2. The number of hydrogen-bond donors (Lipinski definition) is 2. The van der Waals surface area contributed by atoms with Crippen LogP contribution in [-0.4, -0.2) is 10.0 Å². The molecule has 2 rings (SSSR count). The van der Waals surface area contributed by atoms with Crippen LogP contribution in [0.3, 0.4) is 0 Å². The maximum Gasteiger partial charge on any atom is 0.305 e. The van der Waals surface area contributed by atoms with E-state index in [0.717, 1.165) is 6.07 Å². The molecule has 0 amide bonds. The van der Waals surface area contributed by atoms with Gasteiger partial charge in [0.1, 0.15) is 11.6 Å². The van der Waals surface area contributed by atoms with Gasteiger partial charge in [0, 0.05) is 36.0 Å². The standard InChI is InChI=1S/C13H10F2N2O3/c14-11-6-12(15)13(17(19)20)4-8(11)7-16-9-2-1-3-10(18)5-9/h1-6,16,18H,7H2. The van der Waals surface area contributed by atoms with Crippen LogP contribution in [0.5, 0.6) is 5.75 Å². The minimum absolute atomic E-state index is 0.0283. The van der Waals surface area contributed by atoms with E-state index < -0.39 is 22.2 Å². The molecule has 0 aliphatic heterocycles. The van der Waals surface area contributed by atoms with Crippen molar-refractivity contribution in [3.05, 3.63) is 63.7 Å². The highest BCUT2D eigenvalue weighted by atomic mass is 19.1. The molecule has 5 nitrogen and oxygen atoms in total. The monoisotopic (exact) mass is 280 g/mol. The summed E-state index contributed by atoms with van der Waals surface area (Å²) in [6.07, 6.45) is 0. The van der Waals surface area contributed by atoms with E-state index in [2.05, 4.69) is 5.32 Å². The van der Waals surface area contributed by atoms with E-state index >= 15 is 0 Å². The predicted molar refractivity (Wildman–Crippen MR) is 68.4 cm³/mol. The highest BCUT2D eigenvalue weighted by Crippen LogP contribution is 2.23. The lowest BCUT2D eigenvalue weighted by Crippen LogP contribution is -2.04. The number of aromatic hydroxyl groups is 1. The van der Waals surface area contributed by atoms with E-state index in [-0.39, 0.29) is 17.9 Å². The van der Waals surface area contributed by atoms with Gasteiger partial charge in [-0.3, -0.25) is 10.1 Å². The van der Waals surface area contributed by atoms with E-state index in [4.69, 9.17) is 0 Å². The fourth-order valence-electron chi connectivity index (χ4n) is 1.67. The number of nitrogens with one attached hydrogen (secondary N) is 1. The largest absolute Gasteiger partial charge is 0.508 e. The van der Waals surface area contributed by atoms with Crippen molar-refractivity contribution < 1.29 is 18.8 Å². The van der Waals surface area contributed by atoms with Crippen molar-refractivity contribution in [1.82, 2.24) is 0 Å². The Bertz CT molecular complexity index is 662. The number of nitrogens with zero attached hydrogens (tertiary/aromatic N) is 1. The Morgan fingerprint density at radius 2 is 1.95 bits per heavy atom. The maximum atomic E-state index is 13.5. The highest BCUT2D eigenvalue weighted by molar-refractivity contribution is 5.48. The lowest BCUT2D eigenvalue weighted by atomic mass is 10.1. The molecule has 0 aliphatic rings. The third-order valence-electron chi connectivity index (χ3n) is 2.64. The van der Waals surface area contributed by atoms with Gasteiger partial charge >= 0.3 is 5.69 Å². The lowest BCUT2D eigenvalue weighted by Gasteiger charge is -2.08. The Morgan fingerprint density at radius 1 is 1.20 bits per heavy atom. The lowest BCUT2D eigenvalue weighted by molar-refractivity contribution is -0.387. The van der Waals surface area contributed by atoms with Crippen LogP contribution in [0.15, 0.2) is 36.4 Å². The number of hydrogen-bond acceptors (Lipinski definition) is 4. The smallest absolute Gasteiger partial charge is 0.305 e. The molecular weight excluding hydrogens is 270 g/mol. The number of phenolic OH excluding ortho intramolecular Hbond substituents is 1. The quantitative estimate of drug-likeness (QED) is 0.666. The van der Waals surface area contributed by atoms with Crippen LogP contribution < -0.4 is 5.32 Å². The summed E-state index contributed by atoms with van der Waals surface area (Å²) in [4.78, 5) is 9.68. The van der Waals surface area contributed by atoms with Gasteiger partial charge in [-0.25, -0.2) is 4.39 Å². The van der Waals surface area contributed by atoms with Gasteiger partial charge in [-0.15, -0.1) is 0 Å². The normalized spacial score (nSPS) is 10.3. The van der Waals surface area contributed by atoms with Crippen LogP contribution in [0.25, 0.3) is 0 Å².